The Morgan fingerprint density at radius 2 is 1.36 bits per heavy atom. The number of hydrogen-bond acceptors (Lipinski definition) is 3. The molecule has 70 valence electrons. The van der Waals surface area contributed by atoms with Crippen LogP contribution in [0.5, 0.6) is 0 Å². The van der Waals surface area contributed by atoms with Gasteiger partial charge in [0.2, 0.25) is 0 Å². The summed E-state index contributed by atoms with van der Waals surface area (Å²) in [4.78, 5) is 0. The fourth-order valence-corrected chi connectivity index (χ4v) is 0. The number of hydrogen-bond donors (Lipinski definition) is 3. The van der Waals surface area contributed by atoms with Crippen LogP contribution in [0.1, 0.15) is 20.3 Å². The Hall–Kier alpha value is -0.380. The van der Waals surface area contributed by atoms with Gasteiger partial charge in [-0.3, -0.25) is 0 Å². The van der Waals surface area contributed by atoms with E-state index in [1.165, 1.54) is 0 Å². The first-order chi connectivity index (χ1) is 5.18. The van der Waals surface area contributed by atoms with Crippen LogP contribution in [0, 0.1) is 0 Å². The van der Waals surface area contributed by atoms with Crippen molar-refractivity contribution in [3.63, 3.8) is 0 Å². The van der Waals surface area contributed by atoms with E-state index in [1.54, 1.807) is 6.92 Å². The average molecular weight is 164 g/mol. The number of aliphatic hydroxyl groups is 3. The summed E-state index contributed by atoms with van der Waals surface area (Å²) in [6.45, 7) is 9.48. The highest BCUT2D eigenvalue weighted by atomic mass is 16.3. The smallest absolute Gasteiger partial charge is 0.0662 e. The standard InChI is InChI=1S/C4H10O.C2H6O2.C2H4/c1-3-4(2)5;3-1-2-4;1-2/h4-5H,3H2,1-2H3;3-4H,1-2H2;1-2H2. The van der Waals surface area contributed by atoms with E-state index in [2.05, 4.69) is 13.2 Å². The summed E-state index contributed by atoms with van der Waals surface area (Å²) in [5, 5.41) is 23.6. The Labute approximate surface area is 69.0 Å². The topological polar surface area (TPSA) is 60.7 Å². The van der Waals surface area contributed by atoms with Gasteiger partial charge in [-0.2, -0.15) is 0 Å². The number of aliphatic hydroxyl groups excluding tert-OH is 3. The van der Waals surface area contributed by atoms with E-state index in [1.807, 2.05) is 6.92 Å². The summed E-state index contributed by atoms with van der Waals surface area (Å²) >= 11 is 0. The van der Waals surface area contributed by atoms with Crippen LogP contribution in [0.3, 0.4) is 0 Å². The molecule has 0 heterocycles. The summed E-state index contributed by atoms with van der Waals surface area (Å²) in [5.74, 6) is 0. The molecule has 0 aromatic heterocycles. The van der Waals surface area contributed by atoms with Crippen molar-refractivity contribution in [2.75, 3.05) is 13.2 Å². The highest BCUT2D eigenvalue weighted by Gasteiger charge is 1.81. The van der Waals surface area contributed by atoms with Gasteiger partial charge in [-0.05, 0) is 13.3 Å². The molecule has 0 rings (SSSR count). The van der Waals surface area contributed by atoms with Gasteiger partial charge < -0.3 is 15.3 Å². The van der Waals surface area contributed by atoms with Crippen molar-refractivity contribution in [2.24, 2.45) is 0 Å². The third kappa shape index (κ3) is 81.4. The maximum absolute atomic E-state index is 8.36. The molecule has 1 atom stereocenters. The van der Waals surface area contributed by atoms with Crippen LogP contribution in [0.4, 0.5) is 0 Å². The Morgan fingerprint density at radius 3 is 1.36 bits per heavy atom. The molecule has 3 nitrogen and oxygen atoms in total. The monoisotopic (exact) mass is 164 g/mol. The van der Waals surface area contributed by atoms with Crippen molar-refractivity contribution >= 4 is 0 Å². The second-order valence-corrected chi connectivity index (χ2v) is 1.70. The van der Waals surface area contributed by atoms with Crippen LogP contribution in [0.2, 0.25) is 0 Å². The van der Waals surface area contributed by atoms with E-state index in [4.69, 9.17) is 15.3 Å². The molecule has 11 heavy (non-hydrogen) atoms. The zero-order valence-corrected chi connectivity index (χ0v) is 7.45. The first-order valence-electron chi connectivity index (χ1n) is 3.58. The van der Waals surface area contributed by atoms with Crippen molar-refractivity contribution < 1.29 is 15.3 Å². The lowest BCUT2D eigenvalue weighted by molar-refractivity contribution is 0.186. The highest BCUT2D eigenvalue weighted by Crippen LogP contribution is 1.81. The minimum atomic E-state index is -0.125. The minimum absolute atomic E-state index is 0.116. The molecule has 0 bridgehead atoms. The van der Waals surface area contributed by atoms with Crippen LogP contribution < -0.4 is 0 Å². The van der Waals surface area contributed by atoms with Crippen molar-refractivity contribution in [2.45, 2.75) is 26.4 Å². The summed E-state index contributed by atoms with van der Waals surface area (Å²) in [6.07, 6.45) is 0.745. The first-order valence-corrected chi connectivity index (χ1v) is 3.58. The summed E-state index contributed by atoms with van der Waals surface area (Å²) in [5.41, 5.74) is 0. The molecule has 1 unspecified atom stereocenters. The molecular weight excluding hydrogens is 144 g/mol. The highest BCUT2D eigenvalue weighted by molar-refractivity contribution is 4.34. The molecular formula is C8H20O3. The zero-order chi connectivity index (χ0) is 9.70. The van der Waals surface area contributed by atoms with Gasteiger partial charge >= 0.3 is 0 Å². The van der Waals surface area contributed by atoms with Gasteiger partial charge in [0.25, 0.3) is 0 Å². The second kappa shape index (κ2) is 22.6. The average Bonchev–Trinajstić information content (AvgIpc) is 2.08. The molecule has 0 fully saturated rings. The molecule has 0 amide bonds. The van der Waals surface area contributed by atoms with Gasteiger partial charge in [0.1, 0.15) is 0 Å². The van der Waals surface area contributed by atoms with E-state index in [0.717, 1.165) is 6.42 Å². The molecule has 0 aromatic carbocycles. The fraction of sp³-hybridized carbons (Fsp3) is 0.750. The van der Waals surface area contributed by atoms with Crippen LogP contribution in [-0.2, 0) is 0 Å². The van der Waals surface area contributed by atoms with Gasteiger partial charge in [0.15, 0.2) is 0 Å². The molecule has 0 saturated heterocycles. The third-order valence-electron chi connectivity index (χ3n) is 0.691. The molecule has 0 saturated carbocycles. The Morgan fingerprint density at radius 1 is 1.18 bits per heavy atom. The summed E-state index contributed by atoms with van der Waals surface area (Å²) in [7, 11) is 0. The third-order valence-corrected chi connectivity index (χ3v) is 0.691. The molecule has 0 spiro atoms. The van der Waals surface area contributed by atoms with Crippen molar-refractivity contribution in [1.82, 2.24) is 0 Å². The molecule has 3 heteroatoms. The Kier molecular flexibility index (Phi) is 34.8. The maximum atomic E-state index is 8.36. The lowest BCUT2D eigenvalue weighted by Crippen LogP contribution is -1.93. The first kappa shape index (κ1) is 16.9. The Balaban J connectivity index is -0.0000000965. The molecule has 0 aliphatic carbocycles. The van der Waals surface area contributed by atoms with E-state index in [0.29, 0.717) is 0 Å². The van der Waals surface area contributed by atoms with Crippen molar-refractivity contribution in [3.8, 4) is 0 Å². The van der Waals surface area contributed by atoms with E-state index in [9.17, 15) is 0 Å². The predicted octanol–water partition coefficient (Wildman–Crippen LogP) is 0.550. The molecule has 0 aliphatic heterocycles. The molecule has 3 N–H and O–H groups in total. The van der Waals surface area contributed by atoms with Crippen LogP contribution >= 0.6 is 0 Å². The Bertz CT molecular complexity index is 44.6. The maximum Gasteiger partial charge on any atom is 0.0662 e. The van der Waals surface area contributed by atoms with Gasteiger partial charge in [-0.15, -0.1) is 13.2 Å². The quantitative estimate of drug-likeness (QED) is 0.522. The minimum Gasteiger partial charge on any atom is -0.394 e. The molecule has 0 aliphatic rings. The van der Waals surface area contributed by atoms with Crippen LogP contribution in [-0.4, -0.2) is 34.6 Å². The van der Waals surface area contributed by atoms with Gasteiger partial charge in [0.05, 0.1) is 19.3 Å². The number of rotatable bonds is 2. The van der Waals surface area contributed by atoms with Gasteiger partial charge in [-0.25, -0.2) is 0 Å². The van der Waals surface area contributed by atoms with E-state index >= 15 is 0 Å². The molecule has 0 radical (unpaired) electrons. The van der Waals surface area contributed by atoms with Crippen molar-refractivity contribution in [3.05, 3.63) is 13.2 Å². The lowest BCUT2D eigenvalue weighted by atomic mass is 10.3. The van der Waals surface area contributed by atoms with E-state index in [-0.39, 0.29) is 19.3 Å². The largest absolute Gasteiger partial charge is 0.394 e. The SMILES string of the molecule is C=C.CCC(C)O.OCCO. The van der Waals surface area contributed by atoms with Crippen LogP contribution in [0.15, 0.2) is 13.2 Å². The van der Waals surface area contributed by atoms with Gasteiger partial charge in [0, 0.05) is 0 Å². The summed E-state index contributed by atoms with van der Waals surface area (Å²) < 4.78 is 0. The molecule has 0 aromatic rings. The summed E-state index contributed by atoms with van der Waals surface area (Å²) in [6, 6.07) is 0. The normalized spacial score (nSPS) is 9.91. The van der Waals surface area contributed by atoms with Gasteiger partial charge in [-0.1, -0.05) is 6.92 Å². The van der Waals surface area contributed by atoms with E-state index < -0.39 is 0 Å². The van der Waals surface area contributed by atoms with Crippen molar-refractivity contribution in [1.29, 1.82) is 0 Å². The predicted molar refractivity (Wildman–Crippen MR) is 47.4 cm³/mol. The second-order valence-electron chi connectivity index (χ2n) is 1.70. The fourth-order valence-electron chi connectivity index (χ4n) is 0. The lowest BCUT2D eigenvalue weighted by Gasteiger charge is -1.90. The zero-order valence-electron chi connectivity index (χ0n) is 7.45. The van der Waals surface area contributed by atoms with Crippen LogP contribution in [0.25, 0.3) is 0 Å².